The number of nitrogen functional groups attached to an aromatic ring is 1. The fraction of sp³-hybridized carbons (Fsp3) is 0.148. The number of aromatic nitrogens is 3. The van der Waals surface area contributed by atoms with E-state index in [0.29, 0.717) is 23.5 Å². The summed E-state index contributed by atoms with van der Waals surface area (Å²) >= 11 is 0. The van der Waals surface area contributed by atoms with Crippen molar-refractivity contribution >= 4 is 11.7 Å². The number of hydrogen-bond acceptors (Lipinski definition) is 5. The van der Waals surface area contributed by atoms with Crippen molar-refractivity contribution in [3.05, 3.63) is 94.9 Å². The summed E-state index contributed by atoms with van der Waals surface area (Å²) in [5.41, 5.74) is 11.7. The van der Waals surface area contributed by atoms with Crippen LogP contribution in [0.2, 0.25) is 0 Å². The molecule has 170 valence electrons. The summed E-state index contributed by atoms with van der Waals surface area (Å²) in [5, 5.41) is 7.14. The zero-order chi connectivity index (χ0) is 24.1. The van der Waals surface area contributed by atoms with E-state index in [1.165, 1.54) is 0 Å². The number of rotatable bonds is 5. The molecule has 2 heterocycles. The number of anilines is 1. The van der Waals surface area contributed by atoms with Gasteiger partial charge in [0.2, 0.25) is 0 Å². The van der Waals surface area contributed by atoms with E-state index in [-0.39, 0.29) is 5.91 Å². The van der Waals surface area contributed by atoms with Gasteiger partial charge in [-0.3, -0.25) is 9.48 Å². The number of amides is 1. The first-order chi connectivity index (χ1) is 16.4. The second-order valence-corrected chi connectivity index (χ2v) is 7.87. The molecule has 7 nitrogen and oxygen atoms in total. The molecular formula is C27H25N5O2. The number of pyridine rings is 1. The predicted molar refractivity (Wildman–Crippen MR) is 132 cm³/mol. The van der Waals surface area contributed by atoms with Crippen molar-refractivity contribution < 1.29 is 9.53 Å². The van der Waals surface area contributed by atoms with Gasteiger partial charge in [0.1, 0.15) is 11.6 Å². The second-order valence-electron chi connectivity index (χ2n) is 7.87. The number of methoxy groups -OCH3 is 1. The number of carbonyl (C=O) groups excluding carboxylic acids is 1. The Bertz CT molecular complexity index is 1410. The van der Waals surface area contributed by atoms with Crippen LogP contribution in [0.5, 0.6) is 5.75 Å². The molecule has 0 bridgehead atoms. The van der Waals surface area contributed by atoms with Crippen molar-refractivity contribution in [1.82, 2.24) is 20.1 Å². The maximum Gasteiger partial charge on any atom is 0.251 e. The number of carbonyl (C=O) groups is 1. The lowest BCUT2D eigenvalue weighted by molar-refractivity contribution is 0.0951. The summed E-state index contributed by atoms with van der Waals surface area (Å²) in [5.74, 6) is 7.19. The lowest BCUT2D eigenvalue weighted by Gasteiger charge is -2.08. The van der Waals surface area contributed by atoms with Gasteiger partial charge in [-0.05, 0) is 48.4 Å². The first kappa shape index (κ1) is 22.6. The summed E-state index contributed by atoms with van der Waals surface area (Å²) in [4.78, 5) is 17.0. The van der Waals surface area contributed by atoms with Crippen LogP contribution in [0.4, 0.5) is 5.82 Å². The predicted octanol–water partition coefficient (Wildman–Crippen LogP) is 3.71. The fourth-order valence-corrected chi connectivity index (χ4v) is 3.40. The number of nitrogens with two attached hydrogens (primary N) is 1. The molecule has 4 rings (SSSR count). The Hall–Kier alpha value is -4.57. The molecule has 0 radical (unpaired) electrons. The maximum absolute atomic E-state index is 12.7. The van der Waals surface area contributed by atoms with Gasteiger partial charge in [0, 0.05) is 48.2 Å². The molecule has 0 spiro atoms. The standard InChI is InChI=1S/C27H25N5O2/c1-18-7-8-22(27(33)30-14-19-5-4-6-25(11-19)34-3)12-20(18)9-10-21-13-23(15-29-26(21)28)24-16-31-32(2)17-24/h4-8,11-13,15-17H,14H2,1-3H3,(H2,28,29)(H,30,33). The minimum Gasteiger partial charge on any atom is -0.497 e. The molecule has 0 atom stereocenters. The zero-order valence-electron chi connectivity index (χ0n) is 19.3. The largest absolute Gasteiger partial charge is 0.497 e. The summed E-state index contributed by atoms with van der Waals surface area (Å²) in [7, 11) is 3.48. The highest BCUT2D eigenvalue weighted by Gasteiger charge is 2.09. The molecule has 4 aromatic rings. The molecule has 3 N–H and O–H groups in total. The van der Waals surface area contributed by atoms with Gasteiger partial charge in [0.15, 0.2) is 0 Å². The Kier molecular flexibility index (Phi) is 6.60. The summed E-state index contributed by atoms with van der Waals surface area (Å²) < 4.78 is 6.96. The lowest BCUT2D eigenvalue weighted by atomic mass is 10.0. The van der Waals surface area contributed by atoms with Gasteiger partial charge in [-0.2, -0.15) is 5.10 Å². The van der Waals surface area contributed by atoms with Gasteiger partial charge in [0.05, 0.1) is 18.9 Å². The van der Waals surface area contributed by atoms with Crippen LogP contribution in [0.3, 0.4) is 0 Å². The molecule has 0 saturated heterocycles. The molecule has 0 aliphatic heterocycles. The highest BCUT2D eigenvalue weighted by atomic mass is 16.5. The van der Waals surface area contributed by atoms with Crippen LogP contribution < -0.4 is 15.8 Å². The number of hydrogen-bond donors (Lipinski definition) is 2. The summed E-state index contributed by atoms with van der Waals surface area (Å²) in [6, 6.07) is 15.0. The van der Waals surface area contributed by atoms with Crippen molar-refractivity contribution in [1.29, 1.82) is 0 Å². The van der Waals surface area contributed by atoms with Crippen molar-refractivity contribution in [3.63, 3.8) is 0 Å². The Morgan fingerprint density at radius 2 is 1.91 bits per heavy atom. The molecule has 7 heteroatoms. The Balaban J connectivity index is 1.54. The van der Waals surface area contributed by atoms with Crippen molar-refractivity contribution in [2.45, 2.75) is 13.5 Å². The van der Waals surface area contributed by atoms with E-state index in [0.717, 1.165) is 33.6 Å². The van der Waals surface area contributed by atoms with E-state index in [9.17, 15) is 4.79 Å². The SMILES string of the molecule is COc1cccc(CNC(=O)c2ccc(C)c(C#Cc3cc(-c4cnn(C)c4)cnc3N)c2)c1. The first-order valence-corrected chi connectivity index (χ1v) is 10.7. The zero-order valence-corrected chi connectivity index (χ0v) is 19.3. The molecule has 1 amide bonds. The van der Waals surface area contributed by atoms with Crippen LogP contribution in [-0.4, -0.2) is 27.8 Å². The number of aryl methyl sites for hydroxylation is 2. The average molecular weight is 452 g/mol. The first-order valence-electron chi connectivity index (χ1n) is 10.7. The van der Waals surface area contributed by atoms with Crippen molar-refractivity contribution in [2.24, 2.45) is 7.05 Å². The van der Waals surface area contributed by atoms with Crippen LogP contribution in [0.15, 0.2) is 67.1 Å². The third kappa shape index (κ3) is 5.25. The van der Waals surface area contributed by atoms with E-state index in [2.05, 4.69) is 27.2 Å². The minimum absolute atomic E-state index is 0.175. The normalized spacial score (nSPS) is 10.3. The lowest BCUT2D eigenvalue weighted by Crippen LogP contribution is -2.22. The smallest absolute Gasteiger partial charge is 0.251 e. The van der Waals surface area contributed by atoms with Gasteiger partial charge in [-0.25, -0.2) is 4.98 Å². The molecule has 0 unspecified atom stereocenters. The number of nitrogens with zero attached hydrogens (tertiary/aromatic N) is 3. The van der Waals surface area contributed by atoms with E-state index in [1.54, 1.807) is 36.3 Å². The number of benzene rings is 2. The Morgan fingerprint density at radius 1 is 1.09 bits per heavy atom. The molecular weight excluding hydrogens is 426 g/mol. The fourth-order valence-electron chi connectivity index (χ4n) is 3.40. The third-order valence-electron chi connectivity index (χ3n) is 5.38. The Labute approximate surface area is 198 Å². The molecule has 0 saturated carbocycles. The molecule has 0 aliphatic rings. The molecule has 34 heavy (non-hydrogen) atoms. The van der Waals surface area contributed by atoms with Crippen LogP contribution in [0, 0.1) is 18.8 Å². The molecule has 0 fully saturated rings. The van der Waals surface area contributed by atoms with E-state index in [4.69, 9.17) is 10.5 Å². The van der Waals surface area contributed by atoms with E-state index >= 15 is 0 Å². The van der Waals surface area contributed by atoms with Gasteiger partial charge in [-0.1, -0.05) is 30.0 Å². The molecule has 0 aliphatic carbocycles. The maximum atomic E-state index is 12.7. The summed E-state index contributed by atoms with van der Waals surface area (Å²) in [6.45, 7) is 2.35. The van der Waals surface area contributed by atoms with Crippen LogP contribution >= 0.6 is 0 Å². The van der Waals surface area contributed by atoms with Crippen LogP contribution in [0.25, 0.3) is 11.1 Å². The second kappa shape index (κ2) is 9.92. The van der Waals surface area contributed by atoms with Gasteiger partial charge < -0.3 is 15.8 Å². The quantitative estimate of drug-likeness (QED) is 0.451. The van der Waals surface area contributed by atoms with E-state index in [1.807, 2.05) is 56.6 Å². The van der Waals surface area contributed by atoms with Gasteiger partial charge >= 0.3 is 0 Å². The highest BCUT2D eigenvalue weighted by Crippen LogP contribution is 2.21. The summed E-state index contributed by atoms with van der Waals surface area (Å²) in [6.07, 6.45) is 5.38. The van der Waals surface area contributed by atoms with Crippen molar-refractivity contribution in [2.75, 3.05) is 12.8 Å². The number of nitrogens with one attached hydrogen (secondary N) is 1. The average Bonchev–Trinajstić information content (AvgIpc) is 3.29. The van der Waals surface area contributed by atoms with E-state index < -0.39 is 0 Å². The third-order valence-corrected chi connectivity index (χ3v) is 5.38. The monoisotopic (exact) mass is 451 g/mol. The Morgan fingerprint density at radius 3 is 2.68 bits per heavy atom. The van der Waals surface area contributed by atoms with Gasteiger partial charge in [-0.15, -0.1) is 0 Å². The van der Waals surface area contributed by atoms with Crippen LogP contribution in [-0.2, 0) is 13.6 Å². The van der Waals surface area contributed by atoms with Gasteiger partial charge in [0.25, 0.3) is 5.91 Å². The van der Waals surface area contributed by atoms with Crippen LogP contribution in [0.1, 0.15) is 32.6 Å². The molecule has 2 aromatic heterocycles. The minimum atomic E-state index is -0.175. The highest BCUT2D eigenvalue weighted by molar-refractivity contribution is 5.94. The van der Waals surface area contributed by atoms with Crippen molar-refractivity contribution in [3.8, 4) is 28.7 Å². The topological polar surface area (TPSA) is 95.1 Å². The number of ether oxygens (including phenoxy) is 1. The molecule has 2 aromatic carbocycles.